The van der Waals surface area contributed by atoms with Crippen LogP contribution in [0.5, 0.6) is 0 Å². The molecule has 1 aliphatic rings. The van der Waals surface area contributed by atoms with Crippen LogP contribution >= 0.6 is 0 Å². The standard InChI is InChI=1S/C14H15N3O3/c18-14(12-9-19-7-8-20-12)15-6-5-13-16-10-3-1-2-4-11(10)17-13/h1-4,9H,5-8H2,(H,15,18)(H,16,17). The van der Waals surface area contributed by atoms with Crippen molar-refractivity contribution in [3.63, 3.8) is 0 Å². The number of aromatic amines is 1. The quantitative estimate of drug-likeness (QED) is 0.875. The van der Waals surface area contributed by atoms with Gasteiger partial charge in [0.25, 0.3) is 5.91 Å². The van der Waals surface area contributed by atoms with Crippen LogP contribution in [0.15, 0.2) is 36.3 Å². The molecule has 0 fully saturated rings. The van der Waals surface area contributed by atoms with Crippen LogP contribution in [0.2, 0.25) is 0 Å². The highest BCUT2D eigenvalue weighted by molar-refractivity contribution is 5.91. The van der Waals surface area contributed by atoms with E-state index in [2.05, 4.69) is 15.3 Å². The third-order valence-electron chi connectivity index (χ3n) is 2.96. The van der Waals surface area contributed by atoms with Gasteiger partial charge in [-0.2, -0.15) is 0 Å². The second-order valence-corrected chi connectivity index (χ2v) is 4.41. The molecule has 1 aromatic heterocycles. The van der Waals surface area contributed by atoms with E-state index < -0.39 is 0 Å². The Bertz CT molecular complexity index is 615. The van der Waals surface area contributed by atoms with Gasteiger partial charge in [0, 0.05) is 13.0 Å². The zero-order valence-corrected chi connectivity index (χ0v) is 10.9. The van der Waals surface area contributed by atoms with Crippen LogP contribution in [0.4, 0.5) is 0 Å². The first-order valence-corrected chi connectivity index (χ1v) is 6.49. The molecule has 2 aromatic rings. The third-order valence-corrected chi connectivity index (χ3v) is 2.96. The summed E-state index contributed by atoms with van der Waals surface area (Å²) < 4.78 is 10.2. The average Bonchev–Trinajstić information content (AvgIpc) is 2.90. The summed E-state index contributed by atoms with van der Waals surface area (Å²) in [5.41, 5.74) is 1.93. The summed E-state index contributed by atoms with van der Waals surface area (Å²) in [6, 6.07) is 7.83. The highest BCUT2D eigenvalue weighted by Crippen LogP contribution is 2.10. The lowest BCUT2D eigenvalue weighted by Gasteiger charge is -2.14. The van der Waals surface area contributed by atoms with Gasteiger partial charge in [0.1, 0.15) is 25.3 Å². The van der Waals surface area contributed by atoms with Crippen molar-refractivity contribution in [2.45, 2.75) is 6.42 Å². The van der Waals surface area contributed by atoms with E-state index >= 15 is 0 Å². The largest absolute Gasteiger partial charge is 0.494 e. The van der Waals surface area contributed by atoms with Crippen LogP contribution in [0.1, 0.15) is 5.82 Å². The number of carbonyl (C=O) groups excluding carboxylic acids is 1. The van der Waals surface area contributed by atoms with Crippen LogP contribution in [0.25, 0.3) is 11.0 Å². The molecule has 6 heteroatoms. The summed E-state index contributed by atoms with van der Waals surface area (Å²) in [5, 5.41) is 2.77. The Hall–Kier alpha value is -2.50. The van der Waals surface area contributed by atoms with Crippen LogP contribution in [-0.2, 0) is 20.7 Å². The fraction of sp³-hybridized carbons (Fsp3) is 0.286. The minimum atomic E-state index is -0.263. The number of ether oxygens (including phenoxy) is 2. The van der Waals surface area contributed by atoms with Gasteiger partial charge in [-0.15, -0.1) is 0 Å². The van der Waals surface area contributed by atoms with Crippen LogP contribution in [-0.4, -0.2) is 35.6 Å². The molecule has 0 aliphatic carbocycles. The van der Waals surface area contributed by atoms with Crippen molar-refractivity contribution in [3.05, 3.63) is 42.1 Å². The van der Waals surface area contributed by atoms with E-state index in [0.717, 1.165) is 16.9 Å². The second-order valence-electron chi connectivity index (χ2n) is 4.41. The predicted molar refractivity (Wildman–Crippen MR) is 72.8 cm³/mol. The number of fused-ring (bicyclic) bond motifs is 1. The Balaban J connectivity index is 1.54. The normalized spacial score (nSPS) is 14.3. The van der Waals surface area contributed by atoms with E-state index in [1.165, 1.54) is 6.26 Å². The minimum absolute atomic E-state index is 0.223. The highest BCUT2D eigenvalue weighted by Gasteiger charge is 2.14. The van der Waals surface area contributed by atoms with Gasteiger partial charge < -0.3 is 19.8 Å². The predicted octanol–water partition coefficient (Wildman–Crippen LogP) is 1.11. The zero-order valence-electron chi connectivity index (χ0n) is 10.9. The molecule has 0 radical (unpaired) electrons. The van der Waals surface area contributed by atoms with Gasteiger partial charge in [-0.25, -0.2) is 4.98 Å². The number of para-hydroxylation sites is 2. The Morgan fingerprint density at radius 3 is 3.05 bits per heavy atom. The molecule has 2 N–H and O–H groups in total. The first-order chi connectivity index (χ1) is 9.83. The number of carbonyl (C=O) groups is 1. The molecule has 3 rings (SSSR count). The number of amides is 1. The molecule has 0 bridgehead atoms. The van der Waals surface area contributed by atoms with Gasteiger partial charge in [-0.3, -0.25) is 4.79 Å². The summed E-state index contributed by atoms with van der Waals surface area (Å²) in [4.78, 5) is 19.4. The lowest BCUT2D eigenvalue weighted by molar-refractivity contribution is -0.122. The van der Waals surface area contributed by atoms with Gasteiger partial charge in [-0.05, 0) is 12.1 Å². The summed E-state index contributed by atoms with van der Waals surface area (Å²) in [6.07, 6.45) is 1.98. The number of nitrogens with zero attached hydrogens (tertiary/aromatic N) is 1. The Morgan fingerprint density at radius 1 is 1.35 bits per heavy atom. The highest BCUT2D eigenvalue weighted by atomic mass is 16.6. The fourth-order valence-electron chi connectivity index (χ4n) is 1.99. The molecule has 104 valence electrons. The maximum absolute atomic E-state index is 11.7. The van der Waals surface area contributed by atoms with Crippen LogP contribution < -0.4 is 5.32 Å². The van der Waals surface area contributed by atoms with Crippen molar-refractivity contribution in [1.29, 1.82) is 0 Å². The monoisotopic (exact) mass is 273 g/mol. The number of imidazole rings is 1. The zero-order chi connectivity index (χ0) is 13.8. The van der Waals surface area contributed by atoms with Crippen molar-refractivity contribution >= 4 is 16.9 Å². The molecule has 0 saturated carbocycles. The molecule has 20 heavy (non-hydrogen) atoms. The number of rotatable bonds is 4. The average molecular weight is 273 g/mol. The van der Waals surface area contributed by atoms with Crippen molar-refractivity contribution in [1.82, 2.24) is 15.3 Å². The number of H-pyrrole nitrogens is 1. The second kappa shape index (κ2) is 5.64. The van der Waals surface area contributed by atoms with Crippen LogP contribution in [0.3, 0.4) is 0 Å². The first-order valence-electron chi connectivity index (χ1n) is 6.49. The molecule has 6 nitrogen and oxygen atoms in total. The van der Waals surface area contributed by atoms with Gasteiger partial charge in [0.05, 0.1) is 11.0 Å². The van der Waals surface area contributed by atoms with E-state index in [0.29, 0.717) is 26.2 Å². The molecular weight excluding hydrogens is 258 g/mol. The Labute approximate surface area is 115 Å². The molecule has 2 heterocycles. The molecule has 0 saturated heterocycles. The molecule has 0 spiro atoms. The van der Waals surface area contributed by atoms with E-state index in [4.69, 9.17) is 9.47 Å². The fourth-order valence-corrected chi connectivity index (χ4v) is 1.99. The van der Waals surface area contributed by atoms with E-state index in [1.807, 2.05) is 24.3 Å². The number of nitrogens with one attached hydrogen (secondary N) is 2. The summed E-state index contributed by atoms with van der Waals surface area (Å²) in [7, 11) is 0. The Morgan fingerprint density at radius 2 is 2.25 bits per heavy atom. The smallest absolute Gasteiger partial charge is 0.289 e. The minimum Gasteiger partial charge on any atom is -0.494 e. The van der Waals surface area contributed by atoms with Crippen molar-refractivity contribution < 1.29 is 14.3 Å². The number of aromatic nitrogens is 2. The van der Waals surface area contributed by atoms with E-state index in [9.17, 15) is 4.79 Å². The summed E-state index contributed by atoms with van der Waals surface area (Å²) >= 11 is 0. The maximum atomic E-state index is 11.7. The summed E-state index contributed by atoms with van der Waals surface area (Å²) in [6.45, 7) is 1.37. The van der Waals surface area contributed by atoms with Gasteiger partial charge in [0.2, 0.25) is 5.76 Å². The van der Waals surface area contributed by atoms with Gasteiger partial charge in [0.15, 0.2) is 0 Å². The maximum Gasteiger partial charge on any atom is 0.289 e. The van der Waals surface area contributed by atoms with Crippen molar-refractivity contribution in [2.75, 3.05) is 19.8 Å². The topological polar surface area (TPSA) is 76.2 Å². The third kappa shape index (κ3) is 2.74. The number of benzene rings is 1. The molecule has 1 aliphatic heterocycles. The van der Waals surface area contributed by atoms with Crippen molar-refractivity contribution in [2.24, 2.45) is 0 Å². The number of hydrogen-bond acceptors (Lipinski definition) is 4. The summed E-state index contributed by atoms with van der Waals surface area (Å²) in [5.74, 6) is 0.808. The van der Waals surface area contributed by atoms with Crippen LogP contribution in [0, 0.1) is 0 Å². The Kier molecular flexibility index (Phi) is 3.54. The van der Waals surface area contributed by atoms with Crippen molar-refractivity contribution in [3.8, 4) is 0 Å². The lowest BCUT2D eigenvalue weighted by Crippen LogP contribution is -2.30. The van der Waals surface area contributed by atoms with Gasteiger partial charge in [-0.1, -0.05) is 12.1 Å². The molecule has 0 unspecified atom stereocenters. The molecule has 1 amide bonds. The number of hydrogen-bond donors (Lipinski definition) is 2. The first kappa shape index (κ1) is 12.5. The van der Waals surface area contributed by atoms with E-state index in [1.54, 1.807) is 0 Å². The SMILES string of the molecule is O=C(NCCc1nc2ccccc2[nH]1)C1=COCCO1. The lowest BCUT2D eigenvalue weighted by atomic mass is 10.3. The molecule has 1 aromatic carbocycles. The van der Waals surface area contributed by atoms with Gasteiger partial charge >= 0.3 is 0 Å². The molecular formula is C14H15N3O3. The van der Waals surface area contributed by atoms with E-state index in [-0.39, 0.29) is 11.7 Å². The molecule has 0 atom stereocenters.